The number of furan rings is 1. The molecule has 27 heavy (non-hydrogen) atoms. The van der Waals surface area contributed by atoms with Crippen LogP contribution in [0.4, 0.5) is 0 Å². The summed E-state index contributed by atoms with van der Waals surface area (Å²) in [5.74, 6) is 1.56. The Morgan fingerprint density at radius 1 is 1.48 bits per heavy atom. The number of nitrogens with zero attached hydrogens (tertiary/aromatic N) is 4. The second-order valence-electron chi connectivity index (χ2n) is 6.47. The molecular formula is C18H21N5O3S. The van der Waals surface area contributed by atoms with E-state index in [-0.39, 0.29) is 17.7 Å². The Balaban J connectivity index is 1.38. The standard InChI is InChI=1S/C18H21N5O3S/c1-3-25-14-6-4-5-12-9-15(26-17(12)14)11(2)19-16(24)10-27-18-20-21-22-23(18)13-7-8-13/h4-6,9,11,13H,3,7-8,10H2,1-2H3,(H,19,24). The molecule has 1 fully saturated rings. The molecule has 4 rings (SSSR count). The van der Waals surface area contributed by atoms with Crippen LogP contribution in [0.5, 0.6) is 5.75 Å². The van der Waals surface area contributed by atoms with Gasteiger partial charge < -0.3 is 14.5 Å². The molecule has 0 radical (unpaired) electrons. The second-order valence-corrected chi connectivity index (χ2v) is 7.41. The SMILES string of the molecule is CCOc1cccc2cc(C(C)NC(=O)CSc3nnnn3C3CC3)oc12. The molecule has 3 aromatic rings. The molecule has 1 aliphatic rings. The number of fused-ring (bicyclic) bond motifs is 1. The van der Waals surface area contributed by atoms with E-state index in [2.05, 4.69) is 20.8 Å². The minimum Gasteiger partial charge on any atom is -0.490 e. The fourth-order valence-electron chi connectivity index (χ4n) is 2.85. The lowest BCUT2D eigenvalue weighted by molar-refractivity contribution is -0.119. The van der Waals surface area contributed by atoms with Crippen LogP contribution < -0.4 is 10.1 Å². The van der Waals surface area contributed by atoms with Crippen LogP contribution in [-0.2, 0) is 4.79 Å². The summed E-state index contributed by atoms with van der Waals surface area (Å²) in [5.41, 5.74) is 0.702. The van der Waals surface area contributed by atoms with Crippen LogP contribution in [0.25, 0.3) is 11.0 Å². The Bertz CT molecular complexity index is 950. The van der Waals surface area contributed by atoms with Crippen molar-refractivity contribution in [2.45, 2.75) is 43.9 Å². The lowest BCUT2D eigenvalue weighted by Crippen LogP contribution is -2.28. The van der Waals surface area contributed by atoms with E-state index in [9.17, 15) is 4.79 Å². The highest BCUT2D eigenvalue weighted by Crippen LogP contribution is 2.36. The molecule has 0 saturated heterocycles. The predicted octanol–water partition coefficient (Wildman–Crippen LogP) is 3.12. The molecule has 1 N–H and O–H groups in total. The van der Waals surface area contributed by atoms with Gasteiger partial charge in [0.15, 0.2) is 11.3 Å². The Hall–Kier alpha value is -2.55. The van der Waals surface area contributed by atoms with Crippen molar-refractivity contribution >= 4 is 28.6 Å². The summed E-state index contributed by atoms with van der Waals surface area (Å²) in [4.78, 5) is 12.3. The first kappa shape index (κ1) is 17.8. The first-order valence-electron chi connectivity index (χ1n) is 9.01. The first-order valence-corrected chi connectivity index (χ1v) is 9.99. The molecule has 0 aliphatic heterocycles. The highest BCUT2D eigenvalue weighted by molar-refractivity contribution is 7.99. The monoisotopic (exact) mass is 387 g/mol. The predicted molar refractivity (Wildman–Crippen MR) is 101 cm³/mol. The van der Waals surface area contributed by atoms with Crippen LogP contribution in [0, 0.1) is 0 Å². The third kappa shape index (κ3) is 3.92. The van der Waals surface area contributed by atoms with Gasteiger partial charge in [-0.2, -0.15) is 0 Å². The molecule has 1 aromatic carbocycles. The van der Waals surface area contributed by atoms with E-state index in [1.165, 1.54) is 11.8 Å². The summed E-state index contributed by atoms with van der Waals surface area (Å²) >= 11 is 1.35. The van der Waals surface area contributed by atoms with Gasteiger partial charge in [-0.05, 0) is 49.2 Å². The number of hydrogen-bond donors (Lipinski definition) is 1. The molecule has 2 heterocycles. The van der Waals surface area contributed by atoms with Gasteiger partial charge in [-0.15, -0.1) is 5.10 Å². The Morgan fingerprint density at radius 3 is 3.11 bits per heavy atom. The number of nitrogens with one attached hydrogen (secondary N) is 1. The van der Waals surface area contributed by atoms with Crippen LogP contribution >= 0.6 is 11.8 Å². The van der Waals surface area contributed by atoms with Gasteiger partial charge in [-0.25, -0.2) is 4.68 Å². The van der Waals surface area contributed by atoms with Crippen molar-refractivity contribution in [1.82, 2.24) is 25.5 Å². The van der Waals surface area contributed by atoms with Gasteiger partial charge in [0.05, 0.1) is 24.4 Å². The third-order valence-electron chi connectivity index (χ3n) is 4.32. The smallest absolute Gasteiger partial charge is 0.231 e. The summed E-state index contributed by atoms with van der Waals surface area (Å²) in [6.07, 6.45) is 2.19. The van der Waals surface area contributed by atoms with E-state index in [1.807, 2.05) is 38.1 Å². The van der Waals surface area contributed by atoms with Crippen molar-refractivity contribution in [2.24, 2.45) is 0 Å². The maximum absolute atomic E-state index is 12.3. The van der Waals surface area contributed by atoms with Gasteiger partial charge in [0, 0.05) is 5.39 Å². The van der Waals surface area contributed by atoms with E-state index in [1.54, 1.807) is 4.68 Å². The van der Waals surface area contributed by atoms with Gasteiger partial charge in [-0.3, -0.25) is 4.79 Å². The molecule has 1 amide bonds. The Morgan fingerprint density at radius 2 is 2.33 bits per heavy atom. The molecule has 1 aliphatic carbocycles. The van der Waals surface area contributed by atoms with Crippen molar-refractivity contribution in [3.05, 3.63) is 30.0 Å². The maximum atomic E-state index is 12.3. The fraction of sp³-hybridized carbons (Fsp3) is 0.444. The fourth-order valence-corrected chi connectivity index (χ4v) is 3.61. The lowest BCUT2D eigenvalue weighted by Gasteiger charge is -2.11. The topological polar surface area (TPSA) is 95.1 Å². The molecular weight excluding hydrogens is 366 g/mol. The normalized spacial score (nSPS) is 15.0. The number of para-hydroxylation sites is 1. The molecule has 0 bridgehead atoms. The van der Waals surface area contributed by atoms with Gasteiger partial charge in [0.2, 0.25) is 11.1 Å². The summed E-state index contributed by atoms with van der Waals surface area (Å²) < 4.78 is 13.3. The van der Waals surface area contributed by atoms with Crippen molar-refractivity contribution < 1.29 is 13.9 Å². The van der Waals surface area contributed by atoms with E-state index < -0.39 is 0 Å². The average Bonchev–Trinajstić information content (AvgIpc) is 3.22. The van der Waals surface area contributed by atoms with Crippen LogP contribution in [0.1, 0.15) is 44.5 Å². The summed E-state index contributed by atoms with van der Waals surface area (Å²) in [7, 11) is 0. The molecule has 1 atom stereocenters. The van der Waals surface area contributed by atoms with Gasteiger partial charge in [0.1, 0.15) is 5.76 Å². The Labute approximate surface area is 160 Å². The molecule has 9 heteroatoms. The number of tetrazole rings is 1. The van der Waals surface area contributed by atoms with E-state index >= 15 is 0 Å². The molecule has 2 aromatic heterocycles. The molecule has 1 unspecified atom stereocenters. The highest BCUT2D eigenvalue weighted by atomic mass is 32.2. The number of ether oxygens (including phenoxy) is 1. The average molecular weight is 387 g/mol. The quantitative estimate of drug-likeness (QED) is 0.593. The summed E-state index contributed by atoms with van der Waals surface area (Å²) in [6.45, 7) is 4.40. The van der Waals surface area contributed by atoms with E-state index in [0.29, 0.717) is 34.9 Å². The van der Waals surface area contributed by atoms with Crippen LogP contribution in [0.3, 0.4) is 0 Å². The van der Waals surface area contributed by atoms with Crippen LogP contribution in [0.2, 0.25) is 0 Å². The molecule has 142 valence electrons. The zero-order valence-electron chi connectivity index (χ0n) is 15.2. The third-order valence-corrected chi connectivity index (χ3v) is 5.25. The van der Waals surface area contributed by atoms with E-state index in [4.69, 9.17) is 9.15 Å². The summed E-state index contributed by atoms with van der Waals surface area (Å²) in [6, 6.07) is 7.84. The van der Waals surface area contributed by atoms with Crippen molar-refractivity contribution in [1.29, 1.82) is 0 Å². The Kier molecular flexibility index (Phi) is 5.02. The van der Waals surface area contributed by atoms with Crippen LogP contribution in [-0.4, -0.2) is 38.5 Å². The number of hydrogen-bond acceptors (Lipinski definition) is 7. The second kappa shape index (κ2) is 7.59. The van der Waals surface area contributed by atoms with Gasteiger partial charge in [0.25, 0.3) is 0 Å². The number of thioether (sulfide) groups is 1. The molecule has 1 saturated carbocycles. The number of carbonyl (C=O) groups excluding carboxylic acids is 1. The zero-order chi connectivity index (χ0) is 18.8. The molecule has 8 nitrogen and oxygen atoms in total. The van der Waals surface area contributed by atoms with Crippen molar-refractivity contribution in [2.75, 3.05) is 12.4 Å². The number of benzene rings is 1. The van der Waals surface area contributed by atoms with Crippen molar-refractivity contribution in [3.63, 3.8) is 0 Å². The number of carbonyl (C=O) groups is 1. The zero-order valence-corrected chi connectivity index (χ0v) is 16.0. The minimum absolute atomic E-state index is 0.0941. The van der Waals surface area contributed by atoms with Gasteiger partial charge in [-0.1, -0.05) is 23.9 Å². The van der Waals surface area contributed by atoms with Crippen LogP contribution in [0.15, 0.2) is 33.8 Å². The van der Waals surface area contributed by atoms with Gasteiger partial charge >= 0.3 is 0 Å². The number of amides is 1. The number of aromatic nitrogens is 4. The van der Waals surface area contributed by atoms with Crippen molar-refractivity contribution in [3.8, 4) is 5.75 Å². The largest absolute Gasteiger partial charge is 0.490 e. The maximum Gasteiger partial charge on any atom is 0.231 e. The highest BCUT2D eigenvalue weighted by Gasteiger charge is 2.28. The minimum atomic E-state index is -0.251. The lowest BCUT2D eigenvalue weighted by atomic mass is 10.2. The summed E-state index contributed by atoms with van der Waals surface area (Å²) in [5, 5.41) is 16.3. The first-order chi connectivity index (χ1) is 13.2. The van der Waals surface area contributed by atoms with E-state index in [0.717, 1.165) is 18.2 Å². The number of rotatable bonds is 8. The molecule has 0 spiro atoms.